The summed E-state index contributed by atoms with van der Waals surface area (Å²) in [6.07, 6.45) is -5.37. The van der Waals surface area contributed by atoms with Gasteiger partial charge < -0.3 is 4.74 Å². The Morgan fingerprint density at radius 2 is 0.683 bits per heavy atom. The van der Waals surface area contributed by atoms with Gasteiger partial charge >= 0.3 is 5.97 Å². The number of carbonyl (C=O) groups is 1. The molecule has 6 rings (SSSR count). The molecule has 0 amide bonds. The number of ether oxygens (including phenoxy) is 1. The van der Waals surface area contributed by atoms with Crippen LogP contribution < -0.4 is 26.4 Å². The summed E-state index contributed by atoms with van der Waals surface area (Å²) in [5, 5.41) is 0. The van der Waals surface area contributed by atoms with Crippen LogP contribution in [0.2, 0.25) is 0 Å². The second kappa shape index (κ2) is 18.2. The van der Waals surface area contributed by atoms with Gasteiger partial charge in [0.05, 0.1) is 0 Å². The maximum atomic E-state index is 15.4. The summed E-state index contributed by atoms with van der Waals surface area (Å²) in [5.74, 6) is -71.8. The molecule has 6 aromatic rings. The van der Waals surface area contributed by atoms with Gasteiger partial charge in [-0.3, -0.25) is 0 Å². The predicted octanol–water partition coefficient (Wildman–Crippen LogP) is 8.22. The Hall–Kier alpha value is -6.33. The molecule has 0 unspecified atom stereocenters. The summed E-state index contributed by atoms with van der Waals surface area (Å²) in [7, 11) is 0. The van der Waals surface area contributed by atoms with Crippen LogP contribution in [0.4, 0.5) is 87.8 Å². The highest BCUT2D eigenvalue weighted by Crippen LogP contribution is 2.30. The van der Waals surface area contributed by atoms with Gasteiger partial charge in [0, 0.05) is 17.7 Å². The number of esters is 1. The molecule has 0 saturated heterocycles. The Balaban J connectivity index is 0.000000345. The van der Waals surface area contributed by atoms with Gasteiger partial charge in [-0.25, -0.2) is 92.6 Å². The molecule has 63 heavy (non-hydrogen) atoms. The minimum Gasteiger partial charge on any atom is -0.441 e. The van der Waals surface area contributed by atoms with E-state index in [0.717, 1.165) is 5.56 Å². The number of alkyl halides is 1. The van der Waals surface area contributed by atoms with E-state index < -0.39 is 150 Å². The van der Waals surface area contributed by atoms with Gasteiger partial charge in [-0.1, -0.05) is 41.9 Å². The number of hydrogen-bond donors (Lipinski definition) is 0. The number of aromatic nitrogens is 1. The van der Waals surface area contributed by atoms with Crippen molar-refractivity contribution in [1.29, 1.82) is 0 Å². The molecular weight excluding hydrogens is 929 g/mol. The molecule has 0 atom stereocenters. The topological polar surface area (TPSA) is 30.2 Å². The fraction of sp³-hybridized carbons (Fsp3) is 0.0526. The molecule has 0 bridgehead atoms. The molecule has 5 aromatic carbocycles. The molecule has 0 aliphatic rings. The number of hydrogen-bond acceptors (Lipinski definition) is 2. The lowest BCUT2D eigenvalue weighted by Crippen LogP contribution is -2.81. The van der Waals surface area contributed by atoms with E-state index in [4.69, 9.17) is 16.3 Å². The Morgan fingerprint density at radius 1 is 0.413 bits per heavy atom. The summed E-state index contributed by atoms with van der Waals surface area (Å²) < 4.78 is 301. The van der Waals surface area contributed by atoms with Crippen molar-refractivity contribution < 1.29 is 102 Å². The fourth-order valence-corrected chi connectivity index (χ4v) is 6.68. The molecule has 0 aliphatic heterocycles. The van der Waals surface area contributed by atoms with Crippen molar-refractivity contribution in [2.75, 3.05) is 6.07 Å². The van der Waals surface area contributed by atoms with E-state index in [0.29, 0.717) is 12.2 Å². The highest BCUT2D eigenvalue weighted by Gasteiger charge is 2.52. The van der Waals surface area contributed by atoms with Crippen molar-refractivity contribution in [3.8, 4) is 0 Å². The molecule has 1 aromatic heterocycles. The molecule has 3 nitrogen and oxygen atoms in total. The minimum atomic E-state index is -7.22. The molecule has 25 heteroatoms. The van der Waals surface area contributed by atoms with Gasteiger partial charge in [0.1, 0.15) is 52.7 Å². The fourth-order valence-electron chi connectivity index (χ4n) is 6.58. The number of nitrogens with zero attached hydrogens (tertiary/aromatic N) is 1. The summed E-state index contributed by atoms with van der Waals surface area (Å²) in [6, 6.07) is 15.2. The van der Waals surface area contributed by atoms with Crippen LogP contribution >= 0.6 is 11.6 Å². The van der Waals surface area contributed by atoms with Crippen molar-refractivity contribution in [1.82, 2.24) is 0 Å². The molecule has 1 heterocycles. The molecule has 0 aliphatic carbocycles. The first-order chi connectivity index (χ1) is 29.5. The maximum absolute atomic E-state index is 15.4. The first kappa shape index (κ1) is 47.7. The lowest BCUT2D eigenvalue weighted by atomic mass is 9.12. The zero-order valence-corrected chi connectivity index (χ0v) is 30.6. The van der Waals surface area contributed by atoms with Gasteiger partial charge in [0.25, 0.3) is 5.69 Å². The monoisotopic (exact) mass is 941 g/mol. The van der Waals surface area contributed by atoms with Gasteiger partial charge in [0.2, 0.25) is 0 Å². The zero-order chi connectivity index (χ0) is 47.2. The van der Waals surface area contributed by atoms with Gasteiger partial charge in [0.15, 0.2) is 88.6 Å². The zero-order valence-electron chi connectivity index (χ0n) is 29.9. The standard InChI is InChI=1S/C24BF20.C14H13ClNO2/c26-5-1(6(27)14(35)21(42)13(5)34)25(2-7(28)15(36)22(43)16(37)8(2)29,3-9(30)17(38)23(44)18(39)10(3)31)4-11(32)19(40)24(45)20(41)12(4)33;15-11-18-14(17)13-8-4-5-9-16(13)10-12-6-2-1-3-7-12/h;1-9H,10-11H2/q-1;+1. The SMILES string of the molecule is Fc1c(F)c(F)c([B-](c2c(F)c(F)c(F)c(F)c2F)(c2c(F)c(F)c(F)c(F)c2F)c2c(F)c(F)c(F)c(F)c2F)c(F)c1F.O=C(OCCl)c1cccc[n+]1Cc1ccccc1. The first-order valence-electron chi connectivity index (χ1n) is 16.5. The van der Waals surface area contributed by atoms with Crippen molar-refractivity contribution in [2.45, 2.75) is 6.54 Å². The third kappa shape index (κ3) is 7.77. The number of pyridine rings is 1. The second-order valence-corrected chi connectivity index (χ2v) is 12.8. The molecule has 0 saturated carbocycles. The largest absolute Gasteiger partial charge is 0.441 e. The van der Waals surface area contributed by atoms with Crippen LogP contribution in [0.5, 0.6) is 0 Å². The van der Waals surface area contributed by atoms with Crippen LogP contribution in [-0.2, 0) is 11.3 Å². The maximum Gasteiger partial charge on any atom is 0.404 e. The first-order valence-corrected chi connectivity index (χ1v) is 17.0. The van der Waals surface area contributed by atoms with Crippen molar-refractivity contribution in [3.63, 3.8) is 0 Å². The number of halogens is 21. The predicted molar refractivity (Wildman–Crippen MR) is 178 cm³/mol. The Kier molecular flexibility index (Phi) is 13.8. The molecule has 0 spiro atoms. The minimum absolute atomic E-state index is 0.140. The number of rotatable bonds is 8. The Morgan fingerprint density at radius 3 is 0.968 bits per heavy atom. The smallest absolute Gasteiger partial charge is 0.404 e. The van der Waals surface area contributed by atoms with Gasteiger partial charge in [-0.05, 0) is 6.07 Å². The average molecular weight is 942 g/mol. The third-order valence-corrected chi connectivity index (χ3v) is 9.35. The normalized spacial score (nSPS) is 11.4. The van der Waals surface area contributed by atoms with E-state index in [1.54, 1.807) is 12.1 Å². The summed E-state index contributed by atoms with van der Waals surface area (Å²) in [5.41, 5.74) is -12.7. The summed E-state index contributed by atoms with van der Waals surface area (Å²) in [4.78, 5) is 11.7. The van der Waals surface area contributed by atoms with Crippen LogP contribution in [0.25, 0.3) is 0 Å². The van der Waals surface area contributed by atoms with Crippen LogP contribution in [0.15, 0.2) is 54.7 Å². The second-order valence-electron chi connectivity index (χ2n) is 12.5. The van der Waals surface area contributed by atoms with E-state index in [9.17, 15) is 57.5 Å². The van der Waals surface area contributed by atoms with Gasteiger partial charge in [-0.15, -0.1) is 21.9 Å². The van der Waals surface area contributed by atoms with Crippen LogP contribution in [0, 0.1) is 116 Å². The molecule has 332 valence electrons. The highest BCUT2D eigenvalue weighted by molar-refractivity contribution is 7.20. The molecule has 0 fully saturated rings. The van der Waals surface area contributed by atoms with Gasteiger partial charge in [-0.2, -0.15) is 4.57 Å². The van der Waals surface area contributed by atoms with Crippen molar-refractivity contribution in [2.24, 2.45) is 0 Å². The van der Waals surface area contributed by atoms with Crippen LogP contribution in [-0.4, -0.2) is 18.2 Å². The number of carbonyl (C=O) groups excluding carboxylic acids is 1. The van der Waals surface area contributed by atoms with Crippen LogP contribution in [0.1, 0.15) is 16.1 Å². The van der Waals surface area contributed by atoms with E-state index in [1.165, 1.54) is 0 Å². The molecule has 0 N–H and O–H groups in total. The summed E-state index contributed by atoms with van der Waals surface area (Å²) in [6.45, 7) is 0.619. The Bertz CT molecular complexity index is 2430. The third-order valence-electron chi connectivity index (χ3n) is 9.24. The average Bonchev–Trinajstić information content (AvgIpc) is 3.27. The van der Waals surface area contributed by atoms with Crippen molar-refractivity contribution >= 4 is 45.6 Å². The lowest BCUT2D eigenvalue weighted by Gasteiger charge is -2.44. The van der Waals surface area contributed by atoms with E-state index in [-0.39, 0.29) is 6.07 Å². The van der Waals surface area contributed by atoms with Crippen molar-refractivity contribution in [3.05, 3.63) is 182 Å². The highest BCUT2D eigenvalue weighted by atomic mass is 35.5. The van der Waals surface area contributed by atoms with E-state index in [1.807, 2.05) is 47.2 Å². The quantitative estimate of drug-likeness (QED) is 0.0293. The molecular formula is C38H13BClF20NO2. The summed E-state index contributed by atoms with van der Waals surface area (Å²) >= 11 is 5.41. The Labute approximate surface area is 342 Å². The lowest BCUT2D eigenvalue weighted by molar-refractivity contribution is -0.690. The molecule has 0 radical (unpaired) electrons. The van der Waals surface area contributed by atoms with E-state index >= 15 is 35.1 Å². The van der Waals surface area contributed by atoms with E-state index in [2.05, 4.69) is 0 Å². The van der Waals surface area contributed by atoms with Crippen LogP contribution in [0.3, 0.4) is 0 Å². The number of benzene rings is 5.